The molecule has 0 spiro atoms. The van der Waals surface area contributed by atoms with E-state index < -0.39 is 0 Å². The third kappa shape index (κ3) is 4.97. The van der Waals surface area contributed by atoms with Gasteiger partial charge in [-0.15, -0.1) is 0 Å². The van der Waals surface area contributed by atoms with Gasteiger partial charge in [-0.05, 0) is 110 Å². The van der Waals surface area contributed by atoms with Gasteiger partial charge in [0, 0.05) is 28.9 Å². The van der Waals surface area contributed by atoms with Gasteiger partial charge in [0.25, 0.3) is 0 Å². The summed E-state index contributed by atoms with van der Waals surface area (Å²) >= 11 is 1.73. The second kappa shape index (κ2) is 9.46. The van der Waals surface area contributed by atoms with E-state index in [0.29, 0.717) is 5.92 Å². The Labute approximate surface area is 191 Å². The molecule has 1 aliphatic carbocycles. The lowest BCUT2D eigenvalue weighted by molar-refractivity contribution is 0.400. The molecule has 162 valence electrons. The summed E-state index contributed by atoms with van der Waals surface area (Å²) in [5.41, 5.74) is 10.6. The second-order valence-electron chi connectivity index (χ2n) is 9.12. The SMILES string of the molecule is Cc1cc(-c2ccc3c(c2NSc2ccc(C(C)C)c(CN(C)C)c2)CCC3)ccn1. The van der Waals surface area contributed by atoms with Gasteiger partial charge in [-0.1, -0.05) is 32.0 Å². The van der Waals surface area contributed by atoms with Crippen LogP contribution in [-0.2, 0) is 19.4 Å². The molecule has 3 nitrogen and oxygen atoms in total. The number of pyridine rings is 1. The summed E-state index contributed by atoms with van der Waals surface area (Å²) < 4.78 is 3.76. The molecule has 0 bridgehead atoms. The van der Waals surface area contributed by atoms with E-state index in [1.54, 1.807) is 11.9 Å². The molecule has 0 aliphatic heterocycles. The van der Waals surface area contributed by atoms with Crippen LogP contribution in [0.25, 0.3) is 11.1 Å². The van der Waals surface area contributed by atoms with E-state index in [1.165, 1.54) is 56.8 Å². The standard InChI is InChI=1S/C27H33N3S/c1-18(2)24-12-10-23(16-22(24)17-30(4)5)31-29-27-25-8-6-7-20(25)9-11-26(27)21-13-14-28-19(3)15-21/h9-16,18,29H,6-8,17H2,1-5H3. The Morgan fingerprint density at radius 2 is 1.90 bits per heavy atom. The molecule has 31 heavy (non-hydrogen) atoms. The minimum Gasteiger partial charge on any atom is -0.325 e. The van der Waals surface area contributed by atoms with Crippen molar-refractivity contribution in [3.8, 4) is 11.1 Å². The molecule has 1 heterocycles. The largest absolute Gasteiger partial charge is 0.325 e. The molecule has 3 aromatic rings. The molecule has 4 rings (SSSR count). The van der Waals surface area contributed by atoms with Crippen LogP contribution >= 0.6 is 11.9 Å². The van der Waals surface area contributed by atoms with Gasteiger partial charge in [0.15, 0.2) is 0 Å². The maximum Gasteiger partial charge on any atom is 0.0557 e. The van der Waals surface area contributed by atoms with Crippen molar-refractivity contribution >= 4 is 17.6 Å². The predicted molar refractivity (Wildman–Crippen MR) is 134 cm³/mol. The summed E-state index contributed by atoms with van der Waals surface area (Å²) in [6, 6.07) is 15.8. The van der Waals surface area contributed by atoms with Gasteiger partial charge in [0.1, 0.15) is 0 Å². The first kappa shape index (κ1) is 21.9. The fraction of sp³-hybridized carbons (Fsp3) is 0.370. The molecular formula is C27H33N3S. The summed E-state index contributed by atoms with van der Waals surface area (Å²) in [5, 5.41) is 0. The Morgan fingerprint density at radius 1 is 1.06 bits per heavy atom. The lowest BCUT2D eigenvalue weighted by Gasteiger charge is -2.19. The van der Waals surface area contributed by atoms with Crippen LogP contribution in [0.3, 0.4) is 0 Å². The van der Waals surface area contributed by atoms with Gasteiger partial charge in [-0.3, -0.25) is 4.98 Å². The van der Waals surface area contributed by atoms with Crippen molar-refractivity contribution in [2.45, 2.75) is 57.4 Å². The number of aromatic nitrogens is 1. The molecule has 1 aromatic heterocycles. The number of aryl methyl sites for hydroxylation is 2. The van der Waals surface area contributed by atoms with E-state index in [2.05, 4.69) is 91.9 Å². The second-order valence-corrected chi connectivity index (χ2v) is 10.0. The lowest BCUT2D eigenvalue weighted by atomic mass is 9.97. The number of benzene rings is 2. The summed E-state index contributed by atoms with van der Waals surface area (Å²) in [7, 11) is 4.27. The highest BCUT2D eigenvalue weighted by Crippen LogP contribution is 2.40. The van der Waals surface area contributed by atoms with Crippen molar-refractivity contribution in [1.29, 1.82) is 0 Å². The first-order valence-corrected chi connectivity index (χ1v) is 12.0. The normalized spacial score (nSPS) is 13.1. The third-order valence-corrected chi connectivity index (χ3v) is 6.78. The van der Waals surface area contributed by atoms with Crippen molar-refractivity contribution in [3.63, 3.8) is 0 Å². The summed E-state index contributed by atoms with van der Waals surface area (Å²) in [6.07, 6.45) is 5.48. The smallest absolute Gasteiger partial charge is 0.0557 e. The molecule has 0 atom stereocenters. The van der Waals surface area contributed by atoms with Crippen LogP contribution in [0.1, 0.15) is 54.1 Å². The minimum atomic E-state index is 0.529. The first-order chi connectivity index (χ1) is 14.9. The molecule has 4 heteroatoms. The Kier molecular flexibility index (Phi) is 6.68. The number of hydrogen-bond donors (Lipinski definition) is 1. The number of rotatable bonds is 7. The molecule has 1 N–H and O–H groups in total. The van der Waals surface area contributed by atoms with Crippen molar-refractivity contribution in [2.75, 3.05) is 18.8 Å². The van der Waals surface area contributed by atoms with Crippen molar-refractivity contribution in [2.24, 2.45) is 0 Å². The quantitative estimate of drug-likeness (QED) is 0.414. The topological polar surface area (TPSA) is 28.2 Å². The molecule has 0 saturated heterocycles. The van der Waals surface area contributed by atoms with Crippen molar-refractivity contribution in [3.05, 3.63) is 76.6 Å². The Balaban J connectivity index is 1.66. The van der Waals surface area contributed by atoms with Gasteiger partial charge < -0.3 is 9.62 Å². The average molecular weight is 432 g/mol. The number of nitrogens with zero attached hydrogens (tertiary/aromatic N) is 2. The maximum atomic E-state index is 4.39. The van der Waals surface area contributed by atoms with E-state index in [-0.39, 0.29) is 0 Å². The van der Waals surface area contributed by atoms with Crippen LogP contribution in [0.15, 0.2) is 53.6 Å². The molecule has 0 fully saturated rings. The third-order valence-electron chi connectivity index (χ3n) is 5.98. The van der Waals surface area contributed by atoms with Crippen LogP contribution in [-0.4, -0.2) is 24.0 Å². The zero-order valence-corrected chi connectivity index (χ0v) is 20.1. The van der Waals surface area contributed by atoms with E-state index in [4.69, 9.17) is 0 Å². The van der Waals surface area contributed by atoms with Gasteiger partial charge >= 0.3 is 0 Å². The van der Waals surface area contributed by atoms with Gasteiger partial charge in [-0.2, -0.15) is 0 Å². The summed E-state index contributed by atoms with van der Waals surface area (Å²) in [6.45, 7) is 7.57. The zero-order chi connectivity index (χ0) is 22.0. The molecule has 0 amide bonds. The zero-order valence-electron chi connectivity index (χ0n) is 19.3. The van der Waals surface area contributed by atoms with Gasteiger partial charge in [0.2, 0.25) is 0 Å². The number of anilines is 1. The molecule has 1 aliphatic rings. The van der Waals surface area contributed by atoms with Crippen LogP contribution in [0.4, 0.5) is 5.69 Å². The highest BCUT2D eigenvalue weighted by molar-refractivity contribution is 8.00. The minimum absolute atomic E-state index is 0.529. The first-order valence-electron chi connectivity index (χ1n) is 11.2. The molecule has 2 aromatic carbocycles. The summed E-state index contributed by atoms with van der Waals surface area (Å²) in [4.78, 5) is 7.89. The van der Waals surface area contributed by atoms with Crippen molar-refractivity contribution in [1.82, 2.24) is 9.88 Å². The van der Waals surface area contributed by atoms with Crippen LogP contribution < -0.4 is 4.72 Å². The Bertz CT molecular complexity index is 1070. The van der Waals surface area contributed by atoms with Crippen molar-refractivity contribution < 1.29 is 0 Å². The van der Waals surface area contributed by atoms with Gasteiger partial charge in [-0.25, -0.2) is 0 Å². The maximum absolute atomic E-state index is 4.39. The Hall–Kier alpha value is -2.30. The molecule has 0 radical (unpaired) electrons. The highest BCUT2D eigenvalue weighted by Gasteiger charge is 2.19. The van der Waals surface area contributed by atoms with E-state index in [9.17, 15) is 0 Å². The molecule has 0 unspecified atom stereocenters. The van der Waals surface area contributed by atoms with Crippen LogP contribution in [0, 0.1) is 6.92 Å². The van der Waals surface area contributed by atoms with Gasteiger partial charge in [0.05, 0.1) is 5.69 Å². The van der Waals surface area contributed by atoms with E-state index in [1.807, 2.05) is 6.20 Å². The van der Waals surface area contributed by atoms with E-state index >= 15 is 0 Å². The number of fused-ring (bicyclic) bond motifs is 1. The number of nitrogens with one attached hydrogen (secondary N) is 1. The van der Waals surface area contributed by atoms with E-state index in [0.717, 1.165) is 18.7 Å². The average Bonchev–Trinajstić information content (AvgIpc) is 3.20. The lowest BCUT2D eigenvalue weighted by Crippen LogP contribution is -2.13. The fourth-order valence-electron chi connectivity index (χ4n) is 4.53. The highest BCUT2D eigenvalue weighted by atomic mass is 32.2. The Morgan fingerprint density at radius 3 is 2.65 bits per heavy atom. The van der Waals surface area contributed by atoms with Crippen LogP contribution in [0.5, 0.6) is 0 Å². The fourth-order valence-corrected chi connectivity index (χ4v) is 5.32. The summed E-state index contributed by atoms with van der Waals surface area (Å²) in [5.74, 6) is 0.529. The monoisotopic (exact) mass is 431 g/mol. The molecular weight excluding hydrogens is 398 g/mol. The molecule has 0 saturated carbocycles. The van der Waals surface area contributed by atoms with Crippen LogP contribution in [0.2, 0.25) is 0 Å². The number of hydrogen-bond acceptors (Lipinski definition) is 4. The predicted octanol–water partition coefficient (Wildman–Crippen LogP) is 6.85.